The monoisotopic (exact) mass is 490 g/mol. The number of benzene rings is 3. The molecular formula is C32H30N2O3. The van der Waals surface area contributed by atoms with E-state index in [0.29, 0.717) is 22.8 Å². The Morgan fingerprint density at radius 1 is 0.865 bits per heavy atom. The van der Waals surface area contributed by atoms with E-state index >= 15 is 0 Å². The summed E-state index contributed by atoms with van der Waals surface area (Å²) in [6.07, 6.45) is 6.71. The third-order valence-corrected chi connectivity index (χ3v) is 6.01. The van der Waals surface area contributed by atoms with Crippen molar-refractivity contribution in [2.45, 2.75) is 33.1 Å². The van der Waals surface area contributed by atoms with Gasteiger partial charge in [0, 0.05) is 23.0 Å². The van der Waals surface area contributed by atoms with Crippen LogP contribution in [0.15, 0.2) is 97.2 Å². The lowest BCUT2D eigenvalue weighted by Crippen LogP contribution is -2.17. The van der Waals surface area contributed by atoms with Crippen molar-refractivity contribution in [2.24, 2.45) is 0 Å². The van der Waals surface area contributed by atoms with E-state index in [1.807, 2.05) is 60.7 Å². The molecule has 0 unspecified atom stereocenters. The van der Waals surface area contributed by atoms with Crippen LogP contribution < -0.4 is 10.1 Å². The zero-order valence-electron chi connectivity index (χ0n) is 21.1. The third kappa shape index (κ3) is 6.79. The highest BCUT2D eigenvalue weighted by Crippen LogP contribution is 2.24. The number of aromatic nitrogens is 1. The Labute approximate surface area is 217 Å². The number of aryl methyl sites for hydroxylation is 2. The van der Waals surface area contributed by atoms with Crippen LogP contribution in [0.4, 0.5) is 5.69 Å². The van der Waals surface area contributed by atoms with E-state index in [1.54, 1.807) is 36.5 Å². The highest BCUT2D eigenvalue weighted by molar-refractivity contribution is 6.07. The molecule has 186 valence electrons. The van der Waals surface area contributed by atoms with Gasteiger partial charge < -0.3 is 10.1 Å². The number of hydrogen-bond acceptors (Lipinski definition) is 4. The van der Waals surface area contributed by atoms with Crippen LogP contribution in [-0.4, -0.2) is 16.7 Å². The largest absolute Gasteiger partial charge is 0.438 e. The minimum atomic E-state index is -0.165. The summed E-state index contributed by atoms with van der Waals surface area (Å²) in [5.74, 6) is 0.818. The van der Waals surface area contributed by atoms with Gasteiger partial charge in [-0.25, -0.2) is 4.98 Å². The van der Waals surface area contributed by atoms with Gasteiger partial charge in [-0.3, -0.25) is 9.59 Å². The van der Waals surface area contributed by atoms with Crippen molar-refractivity contribution in [3.05, 3.63) is 125 Å². The first kappa shape index (κ1) is 25.6. The van der Waals surface area contributed by atoms with Crippen LogP contribution in [0.25, 0.3) is 6.08 Å². The number of amides is 1. The second kappa shape index (κ2) is 12.5. The summed E-state index contributed by atoms with van der Waals surface area (Å²) < 4.78 is 5.87. The van der Waals surface area contributed by atoms with Crippen molar-refractivity contribution in [1.82, 2.24) is 4.98 Å². The first-order chi connectivity index (χ1) is 18.1. The predicted molar refractivity (Wildman–Crippen MR) is 148 cm³/mol. The Balaban J connectivity index is 1.45. The molecule has 5 heteroatoms. The molecule has 0 aliphatic carbocycles. The minimum Gasteiger partial charge on any atom is -0.438 e. The number of carbonyl (C=O) groups is 2. The van der Waals surface area contributed by atoms with E-state index in [1.165, 1.54) is 6.08 Å². The fraction of sp³-hybridized carbons (Fsp3) is 0.156. The molecule has 1 N–H and O–H groups in total. The van der Waals surface area contributed by atoms with Crippen molar-refractivity contribution in [1.29, 1.82) is 0 Å². The first-order valence-corrected chi connectivity index (χ1v) is 12.5. The number of para-hydroxylation sites is 2. The molecule has 5 nitrogen and oxygen atoms in total. The van der Waals surface area contributed by atoms with Gasteiger partial charge in [-0.2, -0.15) is 0 Å². The average molecular weight is 491 g/mol. The fourth-order valence-electron chi connectivity index (χ4n) is 4.08. The molecule has 1 heterocycles. The summed E-state index contributed by atoms with van der Waals surface area (Å²) in [7, 11) is 0. The van der Waals surface area contributed by atoms with E-state index in [0.717, 1.165) is 35.2 Å². The van der Waals surface area contributed by atoms with Crippen LogP contribution >= 0.6 is 0 Å². The van der Waals surface area contributed by atoms with Crippen molar-refractivity contribution in [3.63, 3.8) is 0 Å². The SMILES string of the molecule is CCc1cccc(CC)c1NC(=O)Cc1cccc(C(=O)C=Cc2cccnc2Oc2ccccc2)c1. The molecule has 0 atom stereocenters. The molecule has 0 aliphatic heterocycles. The lowest BCUT2D eigenvalue weighted by Gasteiger charge is -2.14. The third-order valence-electron chi connectivity index (χ3n) is 6.01. The maximum Gasteiger partial charge on any atom is 0.228 e. The second-order valence-corrected chi connectivity index (χ2v) is 8.59. The molecule has 0 saturated carbocycles. The summed E-state index contributed by atoms with van der Waals surface area (Å²) in [6.45, 7) is 4.16. The number of anilines is 1. The minimum absolute atomic E-state index is 0.103. The number of allylic oxidation sites excluding steroid dienone is 1. The number of pyridine rings is 1. The topological polar surface area (TPSA) is 68.3 Å². The van der Waals surface area contributed by atoms with E-state index in [9.17, 15) is 9.59 Å². The zero-order chi connectivity index (χ0) is 26.0. The lowest BCUT2D eigenvalue weighted by atomic mass is 10.0. The average Bonchev–Trinajstić information content (AvgIpc) is 2.93. The number of carbonyl (C=O) groups excluding carboxylic acids is 2. The van der Waals surface area contributed by atoms with Gasteiger partial charge in [0.2, 0.25) is 11.8 Å². The fourth-order valence-corrected chi connectivity index (χ4v) is 4.08. The number of rotatable bonds is 10. The Kier molecular flexibility index (Phi) is 8.61. The maximum absolute atomic E-state index is 12.9. The number of hydrogen-bond donors (Lipinski definition) is 1. The Morgan fingerprint density at radius 3 is 2.32 bits per heavy atom. The molecule has 1 aromatic heterocycles. The van der Waals surface area contributed by atoms with Gasteiger partial charge in [-0.15, -0.1) is 0 Å². The van der Waals surface area contributed by atoms with Crippen molar-refractivity contribution in [2.75, 3.05) is 5.32 Å². The van der Waals surface area contributed by atoms with Gasteiger partial charge in [-0.1, -0.05) is 68.4 Å². The molecule has 0 radical (unpaired) electrons. The van der Waals surface area contributed by atoms with Gasteiger partial charge in [-0.05, 0) is 72.0 Å². The molecular weight excluding hydrogens is 460 g/mol. The normalized spacial score (nSPS) is 10.9. The Hall–Kier alpha value is -4.51. The summed E-state index contributed by atoms with van der Waals surface area (Å²) in [5.41, 5.74) is 5.12. The highest BCUT2D eigenvalue weighted by Gasteiger charge is 2.12. The van der Waals surface area contributed by atoms with Gasteiger partial charge in [0.15, 0.2) is 5.78 Å². The lowest BCUT2D eigenvalue weighted by molar-refractivity contribution is -0.115. The summed E-state index contributed by atoms with van der Waals surface area (Å²) in [4.78, 5) is 30.1. The van der Waals surface area contributed by atoms with E-state index in [2.05, 4.69) is 24.1 Å². The smallest absolute Gasteiger partial charge is 0.228 e. The van der Waals surface area contributed by atoms with Crippen LogP contribution in [0.1, 0.15) is 46.5 Å². The summed E-state index contributed by atoms with van der Waals surface area (Å²) in [6, 6.07) is 26.3. The van der Waals surface area contributed by atoms with Gasteiger partial charge in [0.05, 0.1) is 6.42 Å². The Bertz CT molecular complexity index is 1390. The number of nitrogens with one attached hydrogen (secondary N) is 1. The maximum atomic E-state index is 12.9. The van der Waals surface area contributed by atoms with Crippen LogP contribution in [0, 0.1) is 0 Å². The van der Waals surface area contributed by atoms with E-state index in [-0.39, 0.29) is 18.1 Å². The predicted octanol–water partition coefficient (Wildman–Crippen LogP) is 7.08. The molecule has 0 saturated heterocycles. The molecule has 4 rings (SSSR count). The van der Waals surface area contributed by atoms with Crippen molar-refractivity contribution >= 4 is 23.5 Å². The van der Waals surface area contributed by atoms with Crippen LogP contribution in [0.3, 0.4) is 0 Å². The first-order valence-electron chi connectivity index (χ1n) is 12.5. The molecule has 0 fully saturated rings. The molecule has 0 bridgehead atoms. The molecule has 4 aromatic rings. The van der Waals surface area contributed by atoms with Crippen molar-refractivity contribution < 1.29 is 14.3 Å². The molecule has 37 heavy (non-hydrogen) atoms. The van der Waals surface area contributed by atoms with Crippen LogP contribution in [0.5, 0.6) is 11.6 Å². The van der Waals surface area contributed by atoms with E-state index < -0.39 is 0 Å². The molecule has 3 aromatic carbocycles. The van der Waals surface area contributed by atoms with Gasteiger partial charge >= 0.3 is 0 Å². The molecule has 0 aliphatic rings. The quantitative estimate of drug-likeness (QED) is 0.191. The van der Waals surface area contributed by atoms with E-state index in [4.69, 9.17) is 4.74 Å². The highest BCUT2D eigenvalue weighted by atomic mass is 16.5. The molecule has 0 spiro atoms. The second-order valence-electron chi connectivity index (χ2n) is 8.59. The van der Waals surface area contributed by atoms with Gasteiger partial charge in [0.25, 0.3) is 0 Å². The number of ether oxygens (including phenoxy) is 1. The molecule has 1 amide bonds. The zero-order valence-corrected chi connectivity index (χ0v) is 21.1. The number of ketones is 1. The van der Waals surface area contributed by atoms with Crippen molar-refractivity contribution in [3.8, 4) is 11.6 Å². The summed E-state index contributed by atoms with van der Waals surface area (Å²) >= 11 is 0. The number of nitrogens with zero attached hydrogens (tertiary/aromatic N) is 1. The Morgan fingerprint density at radius 2 is 1.59 bits per heavy atom. The van der Waals surface area contributed by atoms with Crippen LogP contribution in [0.2, 0.25) is 0 Å². The standard InChI is InChI=1S/C32H30N2O3/c1-3-24-12-9-13-25(4-2)31(24)34-30(36)22-23-11-8-14-27(21-23)29(35)19-18-26-15-10-20-33-32(26)37-28-16-6-5-7-17-28/h5-21H,3-4,22H2,1-2H3,(H,34,36). The van der Waals surface area contributed by atoms with Crippen LogP contribution in [-0.2, 0) is 24.1 Å². The summed E-state index contributed by atoms with van der Waals surface area (Å²) in [5, 5.41) is 3.09. The van der Waals surface area contributed by atoms with Gasteiger partial charge in [0.1, 0.15) is 5.75 Å².